The van der Waals surface area contributed by atoms with Crippen LogP contribution in [0.2, 0.25) is 0 Å². The normalized spacial score (nSPS) is 11.1. The molecule has 4 heteroatoms. The van der Waals surface area contributed by atoms with E-state index < -0.39 is 0 Å². The lowest BCUT2D eigenvalue weighted by molar-refractivity contribution is 0.414. The molecule has 0 unspecified atom stereocenters. The monoisotopic (exact) mass is 287 g/mol. The first-order valence-electron chi connectivity index (χ1n) is 7.59. The molecule has 1 N–H and O–H groups in total. The number of rotatable bonds is 7. The van der Waals surface area contributed by atoms with Gasteiger partial charge in [-0.2, -0.15) is 5.10 Å². The summed E-state index contributed by atoms with van der Waals surface area (Å²) in [4.78, 5) is 0. The molecule has 0 bridgehead atoms. The maximum Gasteiger partial charge on any atom is 0.121 e. The Balaban J connectivity index is 2.33. The molecule has 0 saturated heterocycles. The van der Waals surface area contributed by atoms with Crippen molar-refractivity contribution in [2.24, 2.45) is 0 Å². The van der Waals surface area contributed by atoms with Crippen molar-refractivity contribution in [2.45, 2.75) is 46.2 Å². The van der Waals surface area contributed by atoms with Crippen molar-refractivity contribution in [3.05, 3.63) is 41.7 Å². The lowest BCUT2D eigenvalue weighted by Gasteiger charge is -2.12. The van der Waals surface area contributed by atoms with E-state index in [2.05, 4.69) is 37.3 Å². The van der Waals surface area contributed by atoms with Gasteiger partial charge in [-0.3, -0.25) is 0 Å². The van der Waals surface area contributed by atoms with Gasteiger partial charge in [-0.05, 0) is 18.6 Å². The van der Waals surface area contributed by atoms with Crippen LogP contribution in [0.1, 0.15) is 38.4 Å². The van der Waals surface area contributed by atoms with E-state index in [1.54, 1.807) is 7.11 Å². The summed E-state index contributed by atoms with van der Waals surface area (Å²) in [5.41, 5.74) is 3.60. The number of nitrogens with zero attached hydrogens (tertiary/aromatic N) is 2. The van der Waals surface area contributed by atoms with Gasteiger partial charge < -0.3 is 10.1 Å². The molecule has 0 amide bonds. The van der Waals surface area contributed by atoms with Crippen molar-refractivity contribution >= 4 is 0 Å². The Bertz CT molecular complexity index is 575. The van der Waals surface area contributed by atoms with E-state index in [4.69, 9.17) is 4.74 Å². The van der Waals surface area contributed by atoms with Crippen LogP contribution in [-0.2, 0) is 13.0 Å². The van der Waals surface area contributed by atoms with E-state index >= 15 is 0 Å². The molecular weight excluding hydrogens is 262 g/mol. The first-order valence-corrected chi connectivity index (χ1v) is 7.59. The van der Waals surface area contributed by atoms with Crippen LogP contribution in [0.3, 0.4) is 0 Å². The Morgan fingerprint density at radius 1 is 1.33 bits per heavy atom. The third-order valence-electron chi connectivity index (χ3n) is 3.44. The summed E-state index contributed by atoms with van der Waals surface area (Å²) in [6.07, 6.45) is 4.09. The molecule has 0 fully saturated rings. The molecule has 114 valence electrons. The summed E-state index contributed by atoms with van der Waals surface area (Å²) >= 11 is 0. The van der Waals surface area contributed by atoms with E-state index in [0.29, 0.717) is 6.04 Å². The summed E-state index contributed by atoms with van der Waals surface area (Å²) < 4.78 is 7.34. The fourth-order valence-electron chi connectivity index (χ4n) is 2.34. The molecule has 21 heavy (non-hydrogen) atoms. The van der Waals surface area contributed by atoms with Crippen LogP contribution < -0.4 is 10.1 Å². The quantitative estimate of drug-likeness (QED) is 0.849. The van der Waals surface area contributed by atoms with Crippen LogP contribution >= 0.6 is 0 Å². The molecule has 0 atom stereocenters. The van der Waals surface area contributed by atoms with Crippen LogP contribution in [0.4, 0.5) is 0 Å². The second-order valence-corrected chi connectivity index (χ2v) is 5.52. The Kier molecular flexibility index (Phi) is 5.39. The Hall–Kier alpha value is -1.81. The highest BCUT2D eigenvalue weighted by Gasteiger charge is 2.12. The van der Waals surface area contributed by atoms with Gasteiger partial charge in [0.1, 0.15) is 5.75 Å². The maximum absolute atomic E-state index is 5.31. The van der Waals surface area contributed by atoms with Gasteiger partial charge in [0.15, 0.2) is 0 Å². The van der Waals surface area contributed by atoms with Crippen molar-refractivity contribution in [3.63, 3.8) is 0 Å². The zero-order valence-corrected chi connectivity index (χ0v) is 13.4. The first kappa shape index (κ1) is 15.6. The van der Waals surface area contributed by atoms with Crippen LogP contribution in [0.15, 0.2) is 30.5 Å². The summed E-state index contributed by atoms with van der Waals surface area (Å²) in [5.74, 6) is 0.854. The van der Waals surface area contributed by atoms with Crippen molar-refractivity contribution in [2.75, 3.05) is 7.11 Å². The molecule has 0 aliphatic heterocycles. The van der Waals surface area contributed by atoms with Crippen LogP contribution in [0.5, 0.6) is 5.75 Å². The Morgan fingerprint density at radius 2 is 2.14 bits per heavy atom. The smallest absolute Gasteiger partial charge is 0.121 e. The van der Waals surface area contributed by atoms with Crippen LogP contribution in [0, 0.1) is 0 Å². The lowest BCUT2D eigenvalue weighted by atomic mass is 10.1. The molecule has 0 spiro atoms. The number of methoxy groups -OCH3 is 1. The minimum Gasteiger partial charge on any atom is -0.497 e. The van der Waals surface area contributed by atoms with Gasteiger partial charge >= 0.3 is 0 Å². The number of hydrogen-bond acceptors (Lipinski definition) is 3. The molecule has 2 aromatic rings. The molecule has 0 radical (unpaired) electrons. The largest absolute Gasteiger partial charge is 0.497 e. The van der Waals surface area contributed by atoms with Crippen LogP contribution in [0.25, 0.3) is 5.69 Å². The maximum atomic E-state index is 5.31. The predicted octanol–water partition coefficient (Wildman–Crippen LogP) is 3.33. The van der Waals surface area contributed by atoms with Crippen molar-refractivity contribution in [3.8, 4) is 11.4 Å². The first-order chi connectivity index (χ1) is 10.2. The summed E-state index contributed by atoms with van der Waals surface area (Å²) in [6.45, 7) is 7.37. The van der Waals surface area contributed by atoms with Gasteiger partial charge in [0, 0.05) is 29.9 Å². The van der Waals surface area contributed by atoms with E-state index in [9.17, 15) is 0 Å². The highest BCUT2D eigenvalue weighted by Crippen LogP contribution is 2.20. The van der Waals surface area contributed by atoms with Gasteiger partial charge in [-0.15, -0.1) is 0 Å². The molecule has 4 nitrogen and oxygen atoms in total. The number of hydrogen-bond donors (Lipinski definition) is 1. The zero-order valence-electron chi connectivity index (χ0n) is 13.4. The summed E-state index contributed by atoms with van der Waals surface area (Å²) in [5, 5.41) is 8.05. The van der Waals surface area contributed by atoms with Crippen LogP contribution in [-0.4, -0.2) is 22.9 Å². The molecule has 1 aromatic carbocycles. The Morgan fingerprint density at radius 3 is 2.81 bits per heavy atom. The third kappa shape index (κ3) is 3.85. The van der Waals surface area contributed by atoms with E-state index in [1.807, 2.05) is 29.1 Å². The number of benzene rings is 1. The fraction of sp³-hybridized carbons (Fsp3) is 0.471. The molecular formula is C17H25N3O. The van der Waals surface area contributed by atoms with Crippen molar-refractivity contribution in [1.29, 1.82) is 0 Å². The molecule has 0 aliphatic carbocycles. The number of aromatic nitrogens is 2. The standard InChI is InChI=1S/C17H25N3O/c1-5-7-17-14(11-18-13(2)3)12-19-20(17)15-8-6-9-16(10-15)21-4/h6,8-10,12-13,18H,5,7,11H2,1-4H3. The third-order valence-corrected chi connectivity index (χ3v) is 3.44. The SMILES string of the molecule is CCCc1c(CNC(C)C)cnn1-c1cccc(OC)c1. The topological polar surface area (TPSA) is 39.1 Å². The molecule has 1 aromatic heterocycles. The van der Waals surface area contributed by atoms with E-state index in [0.717, 1.165) is 30.8 Å². The van der Waals surface area contributed by atoms with Gasteiger partial charge in [0.2, 0.25) is 0 Å². The fourth-order valence-corrected chi connectivity index (χ4v) is 2.34. The summed E-state index contributed by atoms with van der Waals surface area (Å²) in [6, 6.07) is 8.51. The van der Waals surface area contributed by atoms with Gasteiger partial charge in [0.25, 0.3) is 0 Å². The highest BCUT2D eigenvalue weighted by atomic mass is 16.5. The molecule has 2 rings (SSSR count). The Labute approximate surface area is 127 Å². The number of nitrogens with one attached hydrogen (secondary N) is 1. The molecule has 0 aliphatic rings. The molecule has 0 saturated carbocycles. The zero-order chi connectivity index (χ0) is 15.2. The second-order valence-electron chi connectivity index (χ2n) is 5.52. The predicted molar refractivity (Wildman–Crippen MR) is 86.1 cm³/mol. The minimum atomic E-state index is 0.472. The number of ether oxygens (including phenoxy) is 1. The van der Waals surface area contributed by atoms with Gasteiger partial charge in [-0.25, -0.2) is 4.68 Å². The molecule has 1 heterocycles. The van der Waals surface area contributed by atoms with Gasteiger partial charge in [0.05, 0.1) is 19.0 Å². The minimum absolute atomic E-state index is 0.472. The average molecular weight is 287 g/mol. The highest BCUT2D eigenvalue weighted by molar-refractivity contribution is 5.41. The van der Waals surface area contributed by atoms with Gasteiger partial charge in [-0.1, -0.05) is 33.3 Å². The summed E-state index contributed by atoms with van der Waals surface area (Å²) in [7, 11) is 1.69. The van der Waals surface area contributed by atoms with Crippen molar-refractivity contribution in [1.82, 2.24) is 15.1 Å². The second kappa shape index (κ2) is 7.27. The average Bonchev–Trinajstić information content (AvgIpc) is 2.88. The van der Waals surface area contributed by atoms with Crippen molar-refractivity contribution < 1.29 is 4.74 Å². The van der Waals surface area contributed by atoms with E-state index in [-0.39, 0.29) is 0 Å². The lowest BCUT2D eigenvalue weighted by Crippen LogP contribution is -2.22. The van der Waals surface area contributed by atoms with E-state index in [1.165, 1.54) is 11.3 Å².